The van der Waals surface area contributed by atoms with Gasteiger partial charge in [-0.2, -0.15) is 0 Å². The van der Waals surface area contributed by atoms with Gasteiger partial charge in [0.15, 0.2) is 0 Å². The Labute approximate surface area is 146 Å². The summed E-state index contributed by atoms with van der Waals surface area (Å²) in [6.45, 7) is 4.25. The molecular weight excluding hydrogens is 324 g/mol. The lowest BCUT2D eigenvalue weighted by atomic mass is 10.0. The predicted molar refractivity (Wildman–Crippen MR) is 98.1 cm³/mol. The quantitative estimate of drug-likeness (QED) is 0.838. The normalized spacial score (nSPS) is 15.9. The molecule has 1 aromatic carbocycles. The molecule has 5 heteroatoms. The second kappa shape index (κ2) is 7.51. The Hall–Kier alpha value is -1.30. The van der Waals surface area contributed by atoms with Crippen LogP contribution in [0.4, 0.5) is 0 Å². The second-order valence-corrected chi connectivity index (χ2v) is 7.70. The standard InChI is InChI=1S/C18H22N2OS2/c1-13(21)19-11-17(14-3-5-16(22-2)6-4-14)20-9-7-18-15(12-20)8-10-23-18/h3-6,8,10,17H,7,9,11-12H2,1-2H3,(H,19,21)/t17-/m0/s1. The van der Waals surface area contributed by atoms with E-state index >= 15 is 0 Å². The number of hydrogen-bond acceptors (Lipinski definition) is 4. The molecule has 0 aliphatic carbocycles. The number of carbonyl (C=O) groups excluding carboxylic acids is 1. The van der Waals surface area contributed by atoms with Gasteiger partial charge in [0.05, 0.1) is 6.04 Å². The average molecular weight is 347 g/mol. The highest BCUT2D eigenvalue weighted by molar-refractivity contribution is 7.98. The maximum Gasteiger partial charge on any atom is 0.216 e. The molecule has 122 valence electrons. The van der Waals surface area contributed by atoms with E-state index in [-0.39, 0.29) is 11.9 Å². The molecule has 2 heterocycles. The minimum Gasteiger partial charge on any atom is -0.354 e. The summed E-state index contributed by atoms with van der Waals surface area (Å²) in [4.78, 5) is 16.7. The lowest BCUT2D eigenvalue weighted by Crippen LogP contribution is -2.39. The molecule has 3 nitrogen and oxygen atoms in total. The summed E-state index contributed by atoms with van der Waals surface area (Å²) in [7, 11) is 0. The Morgan fingerprint density at radius 2 is 2.13 bits per heavy atom. The molecular formula is C18H22N2OS2. The van der Waals surface area contributed by atoms with Crippen LogP contribution in [0.1, 0.15) is 29.0 Å². The molecule has 3 rings (SSSR count). The third kappa shape index (κ3) is 3.97. The number of carbonyl (C=O) groups is 1. The molecule has 0 radical (unpaired) electrons. The number of nitrogens with zero attached hydrogens (tertiary/aromatic N) is 1. The topological polar surface area (TPSA) is 32.3 Å². The van der Waals surface area contributed by atoms with Crippen LogP contribution in [0.15, 0.2) is 40.6 Å². The molecule has 2 aromatic rings. The number of thioether (sulfide) groups is 1. The lowest BCUT2D eigenvalue weighted by molar-refractivity contribution is -0.119. The van der Waals surface area contributed by atoms with Crippen molar-refractivity contribution >= 4 is 29.0 Å². The SMILES string of the molecule is CSc1ccc([C@H](CNC(C)=O)N2CCc3sccc3C2)cc1. The summed E-state index contributed by atoms with van der Waals surface area (Å²) in [5.74, 6) is 0.0314. The molecule has 0 saturated heterocycles. The smallest absolute Gasteiger partial charge is 0.216 e. The Morgan fingerprint density at radius 3 is 2.83 bits per heavy atom. The fourth-order valence-electron chi connectivity index (χ4n) is 3.06. The maximum absolute atomic E-state index is 11.4. The number of benzene rings is 1. The molecule has 1 aliphatic heterocycles. The number of fused-ring (bicyclic) bond motifs is 1. The molecule has 0 saturated carbocycles. The van der Waals surface area contributed by atoms with Crippen molar-refractivity contribution in [3.05, 3.63) is 51.7 Å². The van der Waals surface area contributed by atoms with Gasteiger partial charge in [-0.3, -0.25) is 9.69 Å². The minimum atomic E-state index is 0.0314. The van der Waals surface area contributed by atoms with E-state index in [4.69, 9.17) is 0 Å². The zero-order valence-electron chi connectivity index (χ0n) is 13.5. The molecule has 0 bridgehead atoms. The van der Waals surface area contributed by atoms with Gasteiger partial charge >= 0.3 is 0 Å². The molecule has 23 heavy (non-hydrogen) atoms. The van der Waals surface area contributed by atoms with Crippen molar-refractivity contribution in [2.75, 3.05) is 19.3 Å². The zero-order valence-corrected chi connectivity index (χ0v) is 15.2. The van der Waals surface area contributed by atoms with Gasteiger partial charge in [-0.25, -0.2) is 0 Å². The van der Waals surface area contributed by atoms with Gasteiger partial charge in [-0.15, -0.1) is 23.1 Å². The van der Waals surface area contributed by atoms with E-state index in [2.05, 4.69) is 52.2 Å². The van der Waals surface area contributed by atoms with Gasteiger partial charge in [0.1, 0.15) is 0 Å². The summed E-state index contributed by atoms with van der Waals surface area (Å²) >= 11 is 3.61. The molecule has 1 aromatic heterocycles. The summed E-state index contributed by atoms with van der Waals surface area (Å²) < 4.78 is 0. The third-order valence-corrected chi connectivity index (χ3v) is 6.09. The highest BCUT2D eigenvalue weighted by Gasteiger charge is 2.25. The van der Waals surface area contributed by atoms with Gasteiger partial charge < -0.3 is 5.32 Å². The van der Waals surface area contributed by atoms with Crippen molar-refractivity contribution in [1.29, 1.82) is 0 Å². The van der Waals surface area contributed by atoms with Crippen LogP contribution < -0.4 is 5.32 Å². The van der Waals surface area contributed by atoms with Crippen LogP contribution in [0.3, 0.4) is 0 Å². The van der Waals surface area contributed by atoms with E-state index in [0.717, 1.165) is 19.5 Å². The fraction of sp³-hybridized carbons (Fsp3) is 0.389. The monoisotopic (exact) mass is 346 g/mol. The van der Waals surface area contributed by atoms with Crippen molar-refractivity contribution in [3.8, 4) is 0 Å². The van der Waals surface area contributed by atoms with Gasteiger partial charge in [0, 0.05) is 36.3 Å². The van der Waals surface area contributed by atoms with E-state index < -0.39 is 0 Å². The Morgan fingerprint density at radius 1 is 1.35 bits per heavy atom. The number of thiophene rings is 1. The van der Waals surface area contributed by atoms with Gasteiger partial charge in [0.25, 0.3) is 0 Å². The molecule has 0 spiro atoms. The molecule has 0 unspecified atom stereocenters. The molecule has 1 atom stereocenters. The lowest BCUT2D eigenvalue weighted by Gasteiger charge is -2.35. The van der Waals surface area contributed by atoms with Crippen molar-refractivity contribution in [1.82, 2.24) is 10.2 Å². The average Bonchev–Trinajstić information content (AvgIpc) is 3.03. The Bertz CT molecular complexity index is 666. The largest absolute Gasteiger partial charge is 0.354 e. The van der Waals surface area contributed by atoms with Crippen LogP contribution in [0, 0.1) is 0 Å². The highest BCUT2D eigenvalue weighted by Crippen LogP contribution is 2.30. The van der Waals surface area contributed by atoms with E-state index in [1.165, 1.54) is 20.9 Å². The van der Waals surface area contributed by atoms with Crippen LogP contribution in [0.25, 0.3) is 0 Å². The molecule has 1 aliphatic rings. The van der Waals surface area contributed by atoms with E-state index in [1.54, 1.807) is 18.7 Å². The van der Waals surface area contributed by atoms with Crippen LogP contribution in [-0.4, -0.2) is 30.2 Å². The third-order valence-electron chi connectivity index (χ3n) is 4.32. The predicted octanol–water partition coefficient (Wildman–Crippen LogP) is 3.71. The summed E-state index contributed by atoms with van der Waals surface area (Å²) in [5, 5.41) is 5.19. The first kappa shape index (κ1) is 16.6. The number of hydrogen-bond donors (Lipinski definition) is 1. The van der Waals surface area contributed by atoms with Crippen molar-refractivity contribution in [2.24, 2.45) is 0 Å². The second-order valence-electron chi connectivity index (χ2n) is 5.82. The zero-order chi connectivity index (χ0) is 16.2. The number of rotatable bonds is 5. The van der Waals surface area contributed by atoms with Gasteiger partial charge in [-0.05, 0) is 47.4 Å². The summed E-state index contributed by atoms with van der Waals surface area (Å²) in [6, 6.07) is 11.2. The van der Waals surface area contributed by atoms with Gasteiger partial charge in [0.2, 0.25) is 5.91 Å². The van der Waals surface area contributed by atoms with Crippen LogP contribution >= 0.6 is 23.1 Å². The van der Waals surface area contributed by atoms with E-state index in [9.17, 15) is 4.79 Å². The Balaban J connectivity index is 1.81. The summed E-state index contributed by atoms with van der Waals surface area (Å²) in [6.07, 6.45) is 3.19. The first-order valence-corrected chi connectivity index (χ1v) is 9.95. The fourth-order valence-corrected chi connectivity index (χ4v) is 4.36. The minimum absolute atomic E-state index is 0.0314. The van der Waals surface area contributed by atoms with Gasteiger partial charge in [-0.1, -0.05) is 12.1 Å². The maximum atomic E-state index is 11.4. The number of amides is 1. The molecule has 0 fully saturated rings. The van der Waals surface area contributed by atoms with Crippen LogP contribution in [-0.2, 0) is 17.8 Å². The summed E-state index contributed by atoms with van der Waals surface area (Å²) in [5.41, 5.74) is 2.71. The highest BCUT2D eigenvalue weighted by atomic mass is 32.2. The van der Waals surface area contributed by atoms with Crippen molar-refractivity contribution < 1.29 is 4.79 Å². The van der Waals surface area contributed by atoms with Crippen molar-refractivity contribution in [3.63, 3.8) is 0 Å². The Kier molecular flexibility index (Phi) is 5.41. The van der Waals surface area contributed by atoms with Crippen LogP contribution in [0.5, 0.6) is 0 Å². The van der Waals surface area contributed by atoms with Crippen LogP contribution in [0.2, 0.25) is 0 Å². The van der Waals surface area contributed by atoms with E-state index in [0.29, 0.717) is 6.54 Å². The molecule has 1 N–H and O–H groups in total. The number of nitrogens with one attached hydrogen (secondary N) is 1. The first-order valence-electron chi connectivity index (χ1n) is 7.85. The van der Waals surface area contributed by atoms with E-state index in [1.807, 2.05) is 11.3 Å². The van der Waals surface area contributed by atoms with Crippen molar-refractivity contribution in [2.45, 2.75) is 30.8 Å². The first-order chi connectivity index (χ1) is 11.2. The molecule has 1 amide bonds.